The van der Waals surface area contributed by atoms with E-state index in [1.807, 2.05) is 30.0 Å². The van der Waals surface area contributed by atoms with Crippen molar-refractivity contribution in [1.29, 1.82) is 0 Å². The molecule has 0 aromatic heterocycles. The van der Waals surface area contributed by atoms with E-state index < -0.39 is 0 Å². The number of likely N-dealkylation sites (tertiary alicyclic amines) is 1. The van der Waals surface area contributed by atoms with Crippen LogP contribution < -0.4 is 4.74 Å². The van der Waals surface area contributed by atoms with E-state index in [0.29, 0.717) is 19.6 Å². The number of hydrogen-bond acceptors (Lipinski definition) is 3. The predicted molar refractivity (Wildman–Crippen MR) is 82.4 cm³/mol. The van der Waals surface area contributed by atoms with Crippen LogP contribution in [0.5, 0.6) is 5.75 Å². The zero-order valence-corrected chi connectivity index (χ0v) is 13.1. The van der Waals surface area contributed by atoms with Gasteiger partial charge >= 0.3 is 0 Å². The summed E-state index contributed by atoms with van der Waals surface area (Å²) in [6, 6.07) is 5.96. The number of nitrogens with zero attached hydrogens (tertiary/aromatic N) is 1. The van der Waals surface area contributed by atoms with Crippen molar-refractivity contribution in [3.05, 3.63) is 29.3 Å². The Kier molecular flexibility index (Phi) is 5.23. The number of carbonyl (C=O) groups excluding carboxylic acids is 1. The van der Waals surface area contributed by atoms with Gasteiger partial charge in [-0.2, -0.15) is 0 Å². The van der Waals surface area contributed by atoms with Crippen molar-refractivity contribution >= 4 is 5.91 Å². The Labute approximate surface area is 126 Å². The maximum Gasteiger partial charge on any atom is 0.226 e. The summed E-state index contributed by atoms with van der Waals surface area (Å²) in [7, 11) is 0. The lowest BCUT2D eigenvalue weighted by molar-refractivity contribution is -0.130. The van der Waals surface area contributed by atoms with Gasteiger partial charge in [-0.15, -0.1) is 0 Å². The summed E-state index contributed by atoms with van der Waals surface area (Å²) in [4.78, 5) is 13.9. The Hall–Kier alpha value is -1.55. The molecular weight excluding hydrogens is 266 g/mol. The van der Waals surface area contributed by atoms with Crippen LogP contribution in [0, 0.1) is 19.8 Å². The summed E-state index contributed by atoms with van der Waals surface area (Å²) in [5.41, 5.74) is 2.43. The molecule has 1 N–H and O–H groups in total. The van der Waals surface area contributed by atoms with Crippen molar-refractivity contribution in [3.8, 4) is 5.75 Å². The van der Waals surface area contributed by atoms with Crippen LogP contribution in [-0.2, 0) is 4.79 Å². The molecule has 2 rings (SSSR count). The molecule has 0 aliphatic carbocycles. The van der Waals surface area contributed by atoms with Crippen molar-refractivity contribution in [2.45, 2.75) is 39.7 Å². The lowest BCUT2D eigenvalue weighted by Gasteiger charge is -2.18. The van der Waals surface area contributed by atoms with Gasteiger partial charge in [0.05, 0.1) is 19.1 Å². The summed E-state index contributed by atoms with van der Waals surface area (Å²) in [6.45, 7) is 7.72. The van der Waals surface area contributed by atoms with Gasteiger partial charge in [0.2, 0.25) is 5.91 Å². The van der Waals surface area contributed by atoms with Crippen molar-refractivity contribution in [1.82, 2.24) is 4.90 Å². The fourth-order valence-corrected chi connectivity index (χ4v) is 2.63. The molecule has 2 unspecified atom stereocenters. The fraction of sp³-hybridized carbons (Fsp3) is 0.588. The molecule has 1 aromatic carbocycles. The quantitative estimate of drug-likeness (QED) is 0.905. The number of amides is 1. The highest BCUT2D eigenvalue weighted by atomic mass is 16.5. The van der Waals surface area contributed by atoms with Gasteiger partial charge in [-0.05, 0) is 50.5 Å². The van der Waals surface area contributed by atoms with Gasteiger partial charge in [0.15, 0.2) is 0 Å². The first-order chi connectivity index (χ1) is 9.97. The minimum absolute atomic E-state index is 0.113. The van der Waals surface area contributed by atoms with Gasteiger partial charge in [-0.25, -0.2) is 0 Å². The largest absolute Gasteiger partial charge is 0.493 e. The molecule has 0 radical (unpaired) electrons. The second-order valence-electron chi connectivity index (χ2n) is 5.97. The molecule has 1 saturated heterocycles. The monoisotopic (exact) mass is 291 g/mol. The zero-order valence-electron chi connectivity index (χ0n) is 13.1. The number of aliphatic hydroxyl groups excluding tert-OH is 1. The first kappa shape index (κ1) is 15.8. The maximum atomic E-state index is 12.1. The number of aryl methyl sites for hydroxylation is 2. The average Bonchev–Trinajstić information content (AvgIpc) is 2.92. The van der Waals surface area contributed by atoms with Gasteiger partial charge in [-0.1, -0.05) is 6.07 Å². The Morgan fingerprint density at radius 2 is 2.19 bits per heavy atom. The number of rotatable bonds is 5. The number of benzene rings is 1. The minimum atomic E-state index is -0.338. The van der Waals surface area contributed by atoms with Crippen LogP contribution >= 0.6 is 0 Å². The Bertz CT molecular complexity index is 499. The highest BCUT2D eigenvalue weighted by molar-refractivity contribution is 5.76. The van der Waals surface area contributed by atoms with E-state index in [4.69, 9.17) is 4.74 Å². The van der Waals surface area contributed by atoms with Crippen LogP contribution in [-0.4, -0.2) is 41.7 Å². The number of hydrogen-bond donors (Lipinski definition) is 1. The van der Waals surface area contributed by atoms with Crippen LogP contribution in [0.4, 0.5) is 0 Å². The molecule has 116 valence electrons. The molecule has 1 heterocycles. The van der Waals surface area contributed by atoms with Gasteiger partial charge in [-0.3, -0.25) is 4.79 Å². The summed E-state index contributed by atoms with van der Waals surface area (Å²) >= 11 is 0. The molecule has 1 aliphatic rings. The average molecular weight is 291 g/mol. The SMILES string of the molecule is Cc1ccc(OCCC(=O)N2CCC(C(C)O)C2)cc1C. The van der Waals surface area contributed by atoms with E-state index in [0.717, 1.165) is 18.7 Å². The van der Waals surface area contributed by atoms with Crippen molar-refractivity contribution in [2.24, 2.45) is 5.92 Å². The van der Waals surface area contributed by atoms with E-state index in [9.17, 15) is 9.90 Å². The van der Waals surface area contributed by atoms with Crippen LogP contribution in [0.1, 0.15) is 30.9 Å². The van der Waals surface area contributed by atoms with E-state index in [1.54, 1.807) is 6.92 Å². The molecule has 1 aliphatic heterocycles. The van der Waals surface area contributed by atoms with Gasteiger partial charge in [0, 0.05) is 19.0 Å². The number of aliphatic hydroxyl groups is 1. The van der Waals surface area contributed by atoms with Crippen LogP contribution in [0.25, 0.3) is 0 Å². The van der Waals surface area contributed by atoms with E-state index >= 15 is 0 Å². The Balaban J connectivity index is 1.76. The molecule has 0 bridgehead atoms. The van der Waals surface area contributed by atoms with Crippen LogP contribution in [0.3, 0.4) is 0 Å². The second kappa shape index (κ2) is 6.94. The smallest absolute Gasteiger partial charge is 0.226 e. The lowest BCUT2D eigenvalue weighted by atomic mass is 10.0. The first-order valence-corrected chi connectivity index (χ1v) is 7.63. The molecular formula is C17H25NO3. The first-order valence-electron chi connectivity index (χ1n) is 7.63. The van der Waals surface area contributed by atoms with Crippen LogP contribution in [0.15, 0.2) is 18.2 Å². The maximum absolute atomic E-state index is 12.1. The minimum Gasteiger partial charge on any atom is -0.493 e. The normalized spacial score (nSPS) is 19.6. The molecule has 1 amide bonds. The van der Waals surface area contributed by atoms with Crippen LogP contribution in [0.2, 0.25) is 0 Å². The molecule has 0 spiro atoms. The van der Waals surface area contributed by atoms with Crippen molar-refractivity contribution in [2.75, 3.05) is 19.7 Å². The van der Waals surface area contributed by atoms with Gasteiger partial charge in [0.1, 0.15) is 5.75 Å². The Morgan fingerprint density at radius 3 is 2.81 bits per heavy atom. The highest BCUT2D eigenvalue weighted by Gasteiger charge is 2.28. The molecule has 4 heteroatoms. The third-order valence-electron chi connectivity index (χ3n) is 4.32. The van der Waals surface area contributed by atoms with Crippen molar-refractivity contribution in [3.63, 3.8) is 0 Å². The Morgan fingerprint density at radius 1 is 1.43 bits per heavy atom. The lowest BCUT2D eigenvalue weighted by Crippen LogP contribution is -2.31. The fourth-order valence-electron chi connectivity index (χ4n) is 2.63. The molecule has 4 nitrogen and oxygen atoms in total. The third-order valence-corrected chi connectivity index (χ3v) is 4.32. The van der Waals surface area contributed by atoms with E-state index in [1.165, 1.54) is 11.1 Å². The van der Waals surface area contributed by atoms with E-state index in [2.05, 4.69) is 6.92 Å². The third kappa shape index (κ3) is 4.21. The molecule has 1 aromatic rings. The standard InChI is InChI=1S/C17H25NO3/c1-12-4-5-16(10-13(12)2)21-9-7-17(20)18-8-6-15(11-18)14(3)19/h4-5,10,14-15,19H,6-9,11H2,1-3H3. The van der Waals surface area contributed by atoms with Gasteiger partial charge < -0.3 is 14.7 Å². The second-order valence-corrected chi connectivity index (χ2v) is 5.97. The molecule has 21 heavy (non-hydrogen) atoms. The topological polar surface area (TPSA) is 49.8 Å². The van der Waals surface area contributed by atoms with Gasteiger partial charge in [0.25, 0.3) is 0 Å². The summed E-state index contributed by atoms with van der Waals surface area (Å²) in [5, 5.41) is 9.56. The number of carbonyl (C=O) groups is 1. The van der Waals surface area contributed by atoms with Crippen molar-refractivity contribution < 1.29 is 14.6 Å². The predicted octanol–water partition coefficient (Wildman–Crippen LogP) is 2.30. The summed E-state index contributed by atoms with van der Waals surface area (Å²) in [6.07, 6.45) is 0.940. The summed E-state index contributed by atoms with van der Waals surface area (Å²) in [5.74, 6) is 1.14. The zero-order chi connectivity index (χ0) is 15.4. The molecule has 1 fully saturated rings. The highest BCUT2D eigenvalue weighted by Crippen LogP contribution is 2.20. The molecule has 0 saturated carbocycles. The number of ether oxygens (including phenoxy) is 1. The van der Waals surface area contributed by atoms with E-state index in [-0.39, 0.29) is 17.9 Å². The summed E-state index contributed by atoms with van der Waals surface area (Å²) < 4.78 is 5.65. The molecule has 2 atom stereocenters.